The molecular formula is C12H15NS. The lowest BCUT2D eigenvalue weighted by Crippen LogP contribution is -2.37. The number of thioether (sulfide) groups is 1. The van der Waals surface area contributed by atoms with Crippen molar-refractivity contribution in [3.63, 3.8) is 0 Å². The van der Waals surface area contributed by atoms with Crippen molar-refractivity contribution in [3.05, 3.63) is 29.8 Å². The quantitative estimate of drug-likeness (QED) is 0.796. The van der Waals surface area contributed by atoms with Gasteiger partial charge >= 0.3 is 0 Å². The van der Waals surface area contributed by atoms with Crippen LogP contribution in [0, 0.1) is 0 Å². The fourth-order valence-electron chi connectivity index (χ4n) is 2.16. The summed E-state index contributed by atoms with van der Waals surface area (Å²) in [5.41, 5.74) is 1.52. The largest absolute Gasteiger partial charge is 0.306 e. The molecule has 0 aromatic heterocycles. The molecule has 1 aliphatic carbocycles. The highest BCUT2D eigenvalue weighted by Gasteiger charge is 2.27. The minimum Gasteiger partial charge on any atom is -0.306 e. The summed E-state index contributed by atoms with van der Waals surface area (Å²) in [5, 5.41) is 3.75. The molecule has 1 fully saturated rings. The summed E-state index contributed by atoms with van der Waals surface area (Å²) in [6.07, 6.45) is 4.17. The highest BCUT2D eigenvalue weighted by Crippen LogP contribution is 2.38. The molecule has 2 heteroatoms. The normalized spacial score (nSPS) is 25.9. The zero-order valence-corrected chi connectivity index (χ0v) is 9.02. The van der Waals surface area contributed by atoms with Gasteiger partial charge < -0.3 is 5.32 Å². The van der Waals surface area contributed by atoms with E-state index in [2.05, 4.69) is 29.6 Å². The predicted octanol–water partition coefficient (Wildman–Crippen LogP) is 2.98. The van der Waals surface area contributed by atoms with Crippen LogP contribution in [-0.2, 0) is 0 Å². The van der Waals surface area contributed by atoms with E-state index in [4.69, 9.17) is 0 Å². The zero-order valence-electron chi connectivity index (χ0n) is 8.20. The maximum absolute atomic E-state index is 3.75. The second kappa shape index (κ2) is 3.59. The maximum atomic E-state index is 3.75. The Morgan fingerprint density at radius 3 is 2.86 bits per heavy atom. The number of hydrogen-bond acceptors (Lipinski definition) is 2. The number of hydrogen-bond donors (Lipinski definition) is 1. The van der Waals surface area contributed by atoms with Crippen molar-refractivity contribution < 1.29 is 0 Å². The first-order valence-electron chi connectivity index (χ1n) is 5.41. The van der Waals surface area contributed by atoms with Gasteiger partial charge in [-0.15, -0.1) is 11.8 Å². The minimum atomic E-state index is 0.612. The van der Waals surface area contributed by atoms with Crippen LogP contribution in [0.1, 0.15) is 30.9 Å². The van der Waals surface area contributed by atoms with Crippen molar-refractivity contribution in [1.82, 2.24) is 5.32 Å². The van der Waals surface area contributed by atoms with Gasteiger partial charge in [-0.1, -0.05) is 24.6 Å². The molecule has 1 nitrogen and oxygen atoms in total. The monoisotopic (exact) mass is 205 g/mol. The summed E-state index contributed by atoms with van der Waals surface area (Å²) < 4.78 is 0. The molecule has 1 N–H and O–H groups in total. The van der Waals surface area contributed by atoms with Gasteiger partial charge in [-0.2, -0.15) is 0 Å². The Hall–Kier alpha value is -0.470. The lowest BCUT2D eigenvalue weighted by atomic mass is 9.92. The van der Waals surface area contributed by atoms with E-state index in [1.807, 2.05) is 11.8 Å². The van der Waals surface area contributed by atoms with Gasteiger partial charge in [0.15, 0.2) is 0 Å². The van der Waals surface area contributed by atoms with Crippen molar-refractivity contribution in [3.8, 4) is 0 Å². The van der Waals surface area contributed by atoms with Gasteiger partial charge in [0.2, 0.25) is 0 Å². The highest BCUT2D eigenvalue weighted by atomic mass is 32.2. The smallest absolute Gasteiger partial charge is 0.0428 e. The Morgan fingerprint density at radius 2 is 2.07 bits per heavy atom. The third-order valence-electron chi connectivity index (χ3n) is 3.24. The van der Waals surface area contributed by atoms with Crippen molar-refractivity contribution >= 4 is 11.8 Å². The van der Waals surface area contributed by atoms with E-state index >= 15 is 0 Å². The van der Waals surface area contributed by atoms with Crippen molar-refractivity contribution in [2.45, 2.75) is 36.2 Å². The van der Waals surface area contributed by atoms with Crippen LogP contribution in [0.2, 0.25) is 0 Å². The molecule has 1 saturated carbocycles. The van der Waals surface area contributed by atoms with Crippen LogP contribution in [0.3, 0.4) is 0 Å². The first-order chi connectivity index (χ1) is 6.93. The molecule has 1 heterocycles. The van der Waals surface area contributed by atoms with Crippen molar-refractivity contribution in [2.24, 2.45) is 0 Å². The summed E-state index contributed by atoms with van der Waals surface area (Å²) >= 11 is 1.99. The van der Waals surface area contributed by atoms with Crippen LogP contribution in [0.25, 0.3) is 0 Å². The SMILES string of the molecule is c1ccc2c(c1)SCC2NC1CCC1. The van der Waals surface area contributed by atoms with Crippen LogP contribution < -0.4 is 5.32 Å². The molecule has 0 spiro atoms. The molecule has 0 saturated heterocycles. The van der Waals surface area contributed by atoms with E-state index in [0.29, 0.717) is 6.04 Å². The van der Waals surface area contributed by atoms with Crippen LogP contribution in [-0.4, -0.2) is 11.8 Å². The summed E-state index contributed by atoms with van der Waals surface area (Å²) in [5.74, 6) is 1.22. The van der Waals surface area contributed by atoms with E-state index in [0.717, 1.165) is 6.04 Å². The molecule has 1 unspecified atom stereocenters. The summed E-state index contributed by atoms with van der Waals surface area (Å²) in [6.45, 7) is 0. The zero-order chi connectivity index (χ0) is 9.38. The van der Waals surface area contributed by atoms with Gasteiger partial charge in [0.05, 0.1) is 0 Å². The Balaban J connectivity index is 1.76. The van der Waals surface area contributed by atoms with E-state index in [9.17, 15) is 0 Å². The van der Waals surface area contributed by atoms with Gasteiger partial charge in [-0.05, 0) is 24.5 Å². The Kier molecular flexibility index (Phi) is 2.26. The number of benzene rings is 1. The second-order valence-corrected chi connectivity index (χ2v) is 5.26. The summed E-state index contributed by atoms with van der Waals surface area (Å²) in [6, 6.07) is 10.2. The summed E-state index contributed by atoms with van der Waals surface area (Å²) in [4.78, 5) is 1.48. The second-order valence-electron chi connectivity index (χ2n) is 4.20. The molecule has 0 amide bonds. The molecule has 1 aromatic carbocycles. The number of fused-ring (bicyclic) bond motifs is 1. The molecule has 0 bridgehead atoms. The Labute approximate surface area is 89.3 Å². The molecule has 1 aliphatic heterocycles. The van der Waals surface area contributed by atoms with Gasteiger partial charge in [-0.25, -0.2) is 0 Å². The fourth-order valence-corrected chi connectivity index (χ4v) is 3.33. The number of rotatable bonds is 2. The fraction of sp³-hybridized carbons (Fsp3) is 0.500. The molecule has 1 aromatic rings. The van der Waals surface area contributed by atoms with E-state index in [1.54, 1.807) is 0 Å². The Bertz CT molecular complexity index is 333. The molecule has 0 radical (unpaired) electrons. The molecule has 3 rings (SSSR count). The lowest BCUT2D eigenvalue weighted by Gasteiger charge is -2.30. The van der Waals surface area contributed by atoms with Gasteiger partial charge in [0.25, 0.3) is 0 Å². The predicted molar refractivity (Wildman–Crippen MR) is 60.7 cm³/mol. The average Bonchev–Trinajstić information content (AvgIpc) is 2.55. The van der Waals surface area contributed by atoms with Gasteiger partial charge in [-0.3, -0.25) is 0 Å². The highest BCUT2D eigenvalue weighted by molar-refractivity contribution is 7.99. The van der Waals surface area contributed by atoms with E-state index in [1.165, 1.54) is 35.5 Å². The standard InChI is InChI=1S/C12H15NS/c1-2-7-12-10(6-1)11(8-14-12)13-9-4-3-5-9/h1-2,6-7,9,11,13H,3-5,8H2. The Morgan fingerprint density at radius 1 is 1.21 bits per heavy atom. The van der Waals surface area contributed by atoms with Crippen LogP contribution in [0.5, 0.6) is 0 Å². The summed E-state index contributed by atoms with van der Waals surface area (Å²) in [7, 11) is 0. The van der Waals surface area contributed by atoms with E-state index < -0.39 is 0 Å². The molecule has 14 heavy (non-hydrogen) atoms. The maximum Gasteiger partial charge on any atom is 0.0428 e. The third-order valence-corrected chi connectivity index (χ3v) is 4.42. The average molecular weight is 205 g/mol. The third kappa shape index (κ3) is 1.47. The van der Waals surface area contributed by atoms with Crippen molar-refractivity contribution in [2.75, 3.05) is 5.75 Å². The molecule has 1 atom stereocenters. The van der Waals surface area contributed by atoms with Gasteiger partial charge in [0, 0.05) is 22.7 Å². The van der Waals surface area contributed by atoms with Crippen LogP contribution in [0.15, 0.2) is 29.2 Å². The first-order valence-corrected chi connectivity index (χ1v) is 6.40. The number of nitrogens with one attached hydrogen (secondary N) is 1. The minimum absolute atomic E-state index is 0.612. The topological polar surface area (TPSA) is 12.0 Å². The van der Waals surface area contributed by atoms with Crippen molar-refractivity contribution in [1.29, 1.82) is 0 Å². The van der Waals surface area contributed by atoms with E-state index in [-0.39, 0.29) is 0 Å². The van der Waals surface area contributed by atoms with Crippen LogP contribution in [0.4, 0.5) is 0 Å². The molecule has 74 valence electrons. The van der Waals surface area contributed by atoms with Gasteiger partial charge in [0.1, 0.15) is 0 Å². The molecular weight excluding hydrogens is 190 g/mol. The lowest BCUT2D eigenvalue weighted by molar-refractivity contribution is 0.315. The molecule has 2 aliphatic rings. The first kappa shape index (κ1) is 8.81. The van der Waals surface area contributed by atoms with Crippen LogP contribution >= 0.6 is 11.8 Å².